The third kappa shape index (κ3) is 4.25. The maximum absolute atomic E-state index is 12.7. The van der Waals surface area contributed by atoms with Gasteiger partial charge in [-0.2, -0.15) is 0 Å². The number of aromatic nitrogens is 2. The Hall–Kier alpha value is -1.05. The number of anilines is 1. The van der Waals surface area contributed by atoms with Gasteiger partial charge in [0, 0.05) is 12.3 Å². The van der Waals surface area contributed by atoms with Gasteiger partial charge in [0.15, 0.2) is 0 Å². The van der Waals surface area contributed by atoms with Crippen molar-refractivity contribution in [3.63, 3.8) is 0 Å². The van der Waals surface area contributed by atoms with E-state index in [4.69, 9.17) is 0 Å². The maximum atomic E-state index is 12.7. The van der Waals surface area contributed by atoms with Gasteiger partial charge in [-0.25, -0.2) is 0 Å². The molecule has 6 rings (SSSR count). The molecule has 1 amide bonds. The summed E-state index contributed by atoms with van der Waals surface area (Å²) in [5, 5.41) is 34.9. The molecule has 5 saturated carbocycles. The molecule has 10 atom stereocenters. The Kier molecular flexibility index (Phi) is 6.52. The second-order valence-electron chi connectivity index (χ2n) is 13.7. The van der Waals surface area contributed by atoms with Crippen molar-refractivity contribution in [3.05, 3.63) is 5.01 Å². The fourth-order valence-electron chi connectivity index (χ4n) is 9.70. The van der Waals surface area contributed by atoms with Crippen molar-refractivity contribution in [3.8, 4) is 0 Å². The van der Waals surface area contributed by atoms with Crippen molar-refractivity contribution in [1.29, 1.82) is 0 Å². The van der Waals surface area contributed by atoms with E-state index in [1.165, 1.54) is 49.9 Å². The normalized spacial score (nSPS) is 44.9. The molecule has 36 heavy (non-hydrogen) atoms. The van der Waals surface area contributed by atoms with E-state index in [0.29, 0.717) is 53.0 Å². The SMILES string of the molecule is CC(CCC(=O)Nc1nnc(C2CC2)s1)C1CCC2C3C(O)CC4CC(O)CCC4(C)C3CCC12C. The Morgan fingerprint density at radius 1 is 1.03 bits per heavy atom. The first-order valence-electron chi connectivity index (χ1n) is 14.7. The third-order valence-electron chi connectivity index (χ3n) is 11.9. The lowest BCUT2D eigenvalue weighted by molar-refractivity contribution is -0.174. The molecule has 5 fully saturated rings. The average molecular weight is 516 g/mol. The van der Waals surface area contributed by atoms with Crippen molar-refractivity contribution in [2.75, 3.05) is 5.32 Å². The Morgan fingerprint density at radius 2 is 1.78 bits per heavy atom. The van der Waals surface area contributed by atoms with Gasteiger partial charge in [0.2, 0.25) is 11.0 Å². The number of carbonyl (C=O) groups excluding carboxylic acids is 1. The van der Waals surface area contributed by atoms with Crippen molar-refractivity contribution in [2.45, 2.75) is 116 Å². The van der Waals surface area contributed by atoms with Crippen molar-refractivity contribution >= 4 is 22.4 Å². The minimum atomic E-state index is -0.227. The number of carbonyl (C=O) groups is 1. The number of aliphatic hydroxyl groups excluding tert-OH is 2. The number of hydrogen-bond acceptors (Lipinski definition) is 6. The molecule has 1 aromatic heterocycles. The molecule has 7 heteroatoms. The number of fused-ring (bicyclic) bond motifs is 5. The number of rotatable bonds is 6. The van der Waals surface area contributed by atoms with Crippen LogP contribution in [0.25, 0.3) is 0 Å². The Bertz CT molecular complexity index is 981. The molecule has 0 aliphatic heterocycles. The molecule has 200 valence electrons. The van der Waals surface area contributed by atoms with E-state index in [1.54, 1.807) is 0 Å². The molecule has 0 radical (unpaired) electrons. The van der Waals surface area contributed by atoms with Crippen LogP contribution in [0.1, 0.15) is 109 Å². The zero-order chi connectivity index (χ0) is 25.2. The van der Waals surface area contributed by atoms with Gasteiger partial charge in [0.05, 0.1) is 12.2 Å². The van der Waals surface area contributed by atoms with E-state index >= 15 is 0 Å². The zero-order valence-electron chi connectivity index (χ0n) is 22.3. The predicted octanol–water partition coefficient (Wildman–Crippen LogP) is 5.76. The minimum Gasteiger partial charge on any atom is -0.393 e. The predicted molar refractivity (Wildman–Crippen MR) is 142 cm³/mol. The first-order valence-corrected chi connectivity index (χ1v) is 15.5. The van der Waals surface area contributed by atoms with Crippen LogP contribution < -0.4 is 5.32 Å². The Balaban J connectivity index is 1.09. The second-order valence-corrected chi connectivity index (χ2v) is 14.7. The third-order valence-corrected chi connectivity index (χ3v) is 12.9. The maximum Gasteiger partial charge on any atom is 0.226 e. The van der Waals surface area contributed by atoms with Gasteiger partial charge in [0.25, 0.3) is 0 Å². The van der Waals surface area contributed by atoms with E-state index < -0.39 is 0 Å². The lowest BCUT2D eigenvalue weighted by Crippen LogP contribution is -2.58. The van der Waals surface area contributed by atoms with E-state index in [-0.39, 0.29) is 28.9 Å². The molecule has 0 spiro atoms. The molecule has 0 saturated heterocycles. The summed E-state index contributed by atoms with van der Waals surface area (Å²) < 4.78 is 0. The van der Waals surface area contributed by atoms with E-state index in [1.807, 2.05) is 0 Å². The van der Waals surface area contributed by atoms with Crippen LogP contribution in [0.3, 0.4) is 0 Å². The highest BCUT2D eigenvalue weighted by atomic mass is 32.1. The summed E-state index contributed by atoms with van der Waals surface area (Å²) in [6.07, 6.45) is 12.1. The lowest BCUT2D eigenvalue weighted by Gasteiger charge is -2.62. The Labute approximate surface area is 220 Å². The number of nitrogens with one attached hydrogen (secondary N) is 1. The standard InChI is InChI=1S/C29H45N3O3S/c1-16(4-9-24(35)30-27-32-31-26(36-27)17-5-6-17)20-7-8-21-25-22(11-13-29(20,21)3)28(2)12-10-19(33)14-18(28)15-23(25)34/h16-23,25,33-34H,4-15H2,1-3H3,(H,30,32,35). The molecule has 3 N–H and O–H groups in total. The molecule has 5 aliphatic carbocycles. The minimum absolute atomic E-state index is 0.0601. The van der Waals surface area contributed by atoms with Crippen LogP contribution in [0.15, 0.2) is 0 Å². The van der Waals surface area contributed by atoms with Crippen LogP contribution in [0, 0.1) is 46.3 Å². The highest BCUT2D eigenvalue weighted by molar-refractivity contribution is 7.15. The van der Waals surface area contributed by atoms with Gasteiger partial charge >= 0.3 is 0 Å². The quantitative estimate of drug-likeness (QED) is 0.448. The van der Waals surface area contributed by atoms with Gasteiger partial charge in [-0.1, -0.05) is 32.1 Å². The van der Waals surface area contributed by atoms with Crippen molar-refractivity contribution < 1.29 is 15.0 Å². The van der Waals surface area contributed by atoms with Gasteiger partial charge in [-0.3, -0.25) is 4.79 Å². The average Bonchev–Trinajstić information content (AvgIpc) is 3.48. The summed E-state index contributed by atoms with van der Waals surface area (Å²) in [4.78, 5) is 12.7. The molecular weight excluding hydrogens is 470 g/mol. The second kappa shape index (κ2) is 9.30. The van der Waals surface area contributed by atoms with Crippen LogP contribution in [-0.2, 0) is 4.79 Å². The molecule has 6 nitrogen and oxygen atoms in total. The van der Waals surface area contributed by atoms with E-state index in [9.17, 15) is 15.0 Å². The van der Waals surface area contributed by atoms with Crippen LogP contribution >= 0.6 is 11.3 Å². The molecule has 0 aromatic carbocycles. The summed E-state index contributed by atoms with van der Waals surface area (Å²) >= 11 is 1.53. The monoisotopic (exact) mass is 515 g/mol. The largest absolute Gasteiger partial charge is 0.393 e. The van der Waals surface area contributed by atoms with E-state index in [0.717, 1.165) is 37.1 Å². The molecule has 10 unspecified atom stereocenters. The summed E-state index contributed by atoms with van der Waals surface area (Å²) in [5.74, 6) is 3.77. The van der Waals surface area contributed by atoms with E-state index in [2.05, 4.69) is 36.3 Å². The highest BCUT2D eigenvalue weighted by Gasteiger charge is 2.62. The summed E-state index contributed by atoms with van der Waals surface area (Å²) in [5.41, 5.74) is 0.532. The number of nitrogens with zero attached hydrogens (tertiary/aromatic N) is 2. The van der Waals surface area contributed by atoms with Crippen LogP contribution in [0.4, 0.5) is 5.13 Å². The molecule has 0 bridgehead atoms. The fourth-order valence-corrected chi connectivity index (χ4v) is 10.6. The van der Waals surface area contributed by atoms with Gasteiger partial charge in [-0.05, 0) is 117 Å². The summed E-state index contributed by atoms with van der Waals surface area (Å²) in [6.45, 7) is 7.34. The highest BCUT2D eigenvalue weighted by Crippen LogP contribution is 2.68. The van der Waals surface area contributed by atoms with Crippen molar-refractivity contribution in [1.82, 2.24) is 10.2 Å². The van der Waals surface area contributed by atoms with Gasteiger partial charge in [-0.15, -0.1) is 10.2 Å². The Morgan fingerprint density at radius 3 is 2.56 bits per heavy atom. The summed E-state index contributed by atoms with van der Waals surface area (Å²) in [7, 11) is 0. The number of amides is 1. The molecule has 1 heterocycles. The van der Waals surface area contributed by atoms with Gasteiger partial charge < -0.3 is 15.5 Å². The van der Waals surface area contributed by atoms with Gasteiger partial charge in [0.1, 0.15) is 5.01 Å². The molecule has 1 aromatic rings. The smallest absolute Gasteiger partial charge is 0.226 e. The molecular formula is C29H45N3O3S. The van der Waals surface area contributed by atoms with Crippen LogP contribution in [0.5, 0.6) is 0 Å². The summed E-state index contributed by atoms with van der Waals surface area (Å²) in [6, 6.07) is 0. The topological polar surface area (TPSA) is 95.3 Å². The van der Waals surface area contributed by atoms with Crippen LogP contribution in [0.2, 0.25) is 0 Å². The first-order chi connectivity index (χ1) is 17.2. The number of aliphatic hydroxyl groups is 2. The molecule has 5 aliphatic rings. The number of hydrogen-bond donors (Lipinski definition) is 3. The lowest BCUT2D eigenvalue weighted by atomic mass is 9.43. The first kappa shape index (κ1) is 25.2. The van der Waals surface area contributed by atoms with Crippen LogP contribution in [-0.4, -0.2) is 38.5 Å². The zero-order valence-corrected chi connectivity index (χ0v) is 23.1. The fraction of sp³-hybridized carbons (Fsp3) is 0.897. The van der Waals surface area contributed by atoms with Crippen molar-refractivity contribution in [2.24, 2.45) is 46.3 Å².